The van der Waals surface area contributed by atoms with E-state index in [1.807, 2.05) is 12.1 Å². The van der Waals surface area contributed by atoms with Gasteiger partial charge in [0.1, 0.15) is 5.75 Å². The van der Waals surface area contributed by atoms with Crippen molar-refractivity contribution in [1.82, 2.24) is 4.90 Å². The summed E-state index contributed by atoms with van der Waals surface area (Å²) in [5.41, 5.74) is 2.81. The molecule has 9 heteroatoms. The summed E-state index contributed by atoms with van der Waals surface area (Å²) in [6, 6.07) is 6.00. The van der Waals surface area contributed by atoms with E-state index in [1.165, 1.54) is 42.2 Å². The lowest BCUT2D eigenvalue weighted by atomic mass is 9.51. The van der Waals surface area contributed by atoms with Gasteiger partial charge in [-0.3, -0.25) is 0 Å². The van der Waals surface area contributed by atoms with Crippen molar-refractivity contribution in [3.05, 3.63) is 29.3 Å². The predicted molar refractivity (Wildman–Crippen MR) is 158 cm³/mol. The zero-order chi connectivity index (χ0) is 30.3. The van der Waals surface area contributed by atoms with Crippen LogP contribution in [0.25, 0.3) is 0 Å². The number of hydrogen-bond acceptors (Lipinski definition) is 4. The number of halogens is 5. The molecule has 3 fully saturated rings. The third-order valence-electron chi connectivity index (χ3n) is 11.3. The number of fused-ring (bicyclic) bond motifs is 7. The lowest BCUT2D eigenvalue weighted by molar-refractivity contribution is -0.284. The fourth-order valence-corrected chi connectivity index (χ4v) is 10.0. The molecule has 1 aromatic rings. The van der Waals surface area contributed by atoms with Gasteiger partial charge < -0.3 is 15.1 Å². The number of benzene rings is 1. The number of phenols is 1. The molecule has 0 saturated heterocycles. The van der Waals surface area contributed by atoms with Gasteiger partial charge in [-0.2, -0.15) is 33.7 Å². The summed E-state index contributed by atoms with van der Waals surface area (Å²) in [6.07, 6.45) is 3.09. The average molecular weight is 618 g/mol. The maximum atomic E-state index is 13.0. The van der Waals surface area contributed by atoms with E-state index in [-0.39, 0.29) is 17.9 Å². The van der Waals surface area contributed by atoms with Crippen molar-refractivity contribution in [3.63, 3.8) is 0 Å². The Bertz CT molecular complexity index is 1070. The highest BCUT2D eigenvalue weighted by molar-refractivity contribution is 7.99. The highest BCUT2D eigenvalue weighted by Crippen LogP contribution is 2.72. The molecule has 0 heterocycles. The molecule has 0 unspecified atom stereocenters. The first-order valence-corrected chi connectivity index (χ1v) is 17.2. The first-order valence-electron chi connectivity index (χ1n) is 16.0. The second-order valence-corrected chi connectivity index (χ2v) is 15.3. The molecular formula is C33H48F5NO2S. The molecular weight excluding hydrogens is 569 g/mol. The molecule has 0 aliphatic heterocycles. The number of thioether (sulfide) groups is 1. The number of aromatic hydroxyl groups is 1. The Morgan fingerprint density at radius 2 is 1.74 bits per heavy atom. The van der Waals surface area contributed by atoms with Gasteiger partial charge in [0.2, 0.25) is 0 Å². The number of hydrogen-bond donors (Lipinski definition) is 2. The number of alkyl halides is 5. The van der Waals surface area contributed by atoms with Gasteiger partial charge in [0.25, 0.3) is 0 Å². The largest absolute Gasteiger partial charge is 0.508 e. The van der Waals surface area contributed by atoms with Crippen LogP contribution in [0.2, 0.25) is 0 Å². The number of rotatable bonds is 14. The molecule has 2 N–H and O–H groups in total. The molecule has 42 heavy (non-hydrogen) atoms. The van der Waals surface area contributed by atoms with E-state index >= 15 is 0 Å². The Hall–Kier alpha value is -1.06. The molecule has 4 aliphatic rings. The SMILES string of the molecule is CN(CCCCC[C@@H]1Cc2cc(O)ccc2[C@H]2CC[C@@]3(C)[C@@H]([C@@H]4C[C@@H]4[C@@H]3O)[C@H]12)CCCSCCCC(F)(F)C(F)(F)F. The minimum Gasteiger partial charge on any atom is -0.508 e. The topological polar surface area (TPSA) is 43.7 Å². The van der Waals surface area contributed by atoms with Crippen molar-refractivity contribution in [2.24, 2.45) is 35.0 Å². The first-order chi connectivity index (χ1) is 19.8. The van der Waals surface area contributed by atoms with Crippen LogP contribution in [0.4, 0.5) is 22.0 Å². The van der Waals surface area contributed by atoms with Crippen molar-refractivity contribution >= 4 is 11.8 Å². The van der Waals surface area contributed by atoms with E-state index < -0.39 is 18.5 Å². The second-order valence-electron chi connectivity index (χ2n) is 14.0. The summed E-state index contributed by atoms with van der Waals surface area (Å²) in [5, 5.41) is 21.4. The molecule has 0 amide bonds. The van der Waals surface area contributed by atoms with Crippen LogP contribution in [0, 0.1) is 35.0 Å². The summed E-state index contributed by atoms with van der Waals surface area (Å²) < 4.78 is 62.7. The fraction of sp³-hybridized carbons (Fsp3) is 0.818. The van der Waals surface area contributed by atoms with Gasteiger partial charge in [-0.25, -0.2) is 0 Å². The predicted octanol–water partition coefficient (Wildman–Crippen LogP) is 8.28. The quantitative estimate of drug-likeness (QED) is 0.163. The molecule has 1 aromatic carbocycles. The number of unbranched alkanes of at least 4 members (excludes halogenated alkanes) is 2. The van der Waals surface area contributed by atoms with Crippen LogP contribution in [-0.2, 0) is 6.42 Å². The van der Waals surface area contributed by atoms with Crippen LogP contribution in [0.1, 0.15) is 88.2 Å². The van der Waals surface area contributed by atoms with Crippen molar-refractivity contribution < 1.29 is 32.2 Å². The standard InChI is InChI=1S/C33H48F5NO2S/c1-31-13-11-25-24-10-9-23(40)19-22(24)18-21(28(25)29(31)26-20-27(26)30(31)41)8-4-3-5-14-39(2)15-7-17-42-16-6-12-32(34,35)33(36,37)38/h9-10,19,21,25-30,40-41H,3-8,11-18,20H2,1-2H3/t21-,25-,26-,27+,28-,29+,30+,31+/m1/s1. The molecule has 3 saturated carbocycles. The molecule has 0 radical (unpaired) electrons. The zero-order valence-electron chi connectivity index (χ0n) is 25.0. The monoisotopic (exact) mass is 617 g/mol. The summed E-state index contributed by atoms with van der Waals surface area (Å²) in [6.45, 7) is 4.24. The van der Waals surface area contributed by atoms with Crippen LogP contribution in [0.3, 0.4) is 0 Å². The minimum atomic E-state index is -5.45. The van der Waals surface area contributed by atoms with E-state index in [0.29, 0.717) is 47.0 Å². The van der Waals surface area contributed by atoms with Crippen LogP contribution >= 0.6 is 11.8 Å². The van der Waals surface area contributed by atoms with Gasteiger partial charge in [0.15, 0.2) is 0 Å². The molecule has 3 nitrogen and oxygen atoms in total. The Labute approximate surface area is 252 Å². The Kier molecular flexibility index (Phi) is 9.81. The lowest BCUT2D eigenvalue weighted by Gasteiger charge is -2.54. The van der Waals surface area contributed by atoms with Gasteiger partial charge in [0, 0.05) is 6.42 Å². The number of aliphatic hydroxyl groups is 1. The summed E-state index contributed by atoms with van der Waals surface area (Å²) >= 11 is 1.45. The smallest absolute Gasteiger partial charge is 0.453 e. The molecule has 0 bridgehead atoms. The molecule has 8 atom stereocenters. The third-order valence-corrected chi connectivity index (χ3v) is 12.4. The van der Waals surface area contributed by atoms with Gasteiger partial charge in [-0.1, -0.05) is 25.8 Å². The minimum absolute atomic E-state index is 0.0522. The zero-order valence-corrected chi connectivity index (χ0v) is 25.8. The number of nitrogens with zero attached hydrogens (tertiary/aromatic N) is 1. The van der Waals surface area contributed by atoms with Gasteiger partial charge in [0.05, 0.1) is 6.10 Å². The molecule has 0 aromatic heterocycles. The maximum Gasteiger partial charge on any atom is 0.453 e. The van der Waals surface area contributed by atoms with Crippen molar-refractivity contribution in [3.8, 4) is 5.75 Å². The summed E-state index contributed by atoms with van der Waals surface area (Å²) in [7, 11) is 2.09. The molecule has 4 aliphatic carbocycles. The van der Waals surface area contributed by atoms with E-state index in [4.69, 9.17) is 0 Å². The van der Waals surface area contributed by atoms with Crippen LogP contribution in [0.5, 0.6) is 5.75 Å². The van der Waals surface area contributed by atoms with Crippen LogP contribution in [0.15, 0.2) is 18.2 Å². The Morgan fingerprint density at radius 1 is 1.00 bits per heavy atom. The number of phenolic OH excluding ortho intramolecular Hbond substituents is 1. The first kappa shape index (κ1) is 32.3. The second kappa shape index (κ2) is 12.7. The van der Waals surface area contributed by atoms with Crippen molar-refractivity contribution in [2.45, 2.75) is 102 Å². The van der Waals surface area contributed by atoms with Crippen molar-refractivity contribution in [2.75, 3.05) is 31.6 Å². The Morgan fingerprint density at radius 3 is 2.50 bits per heavy atom. The van der Waals surface area contributed by atoms with E-state index in [9.17, 15) is 32.2 Å². The summed E-state index contributed by atoms with van der Waals surface area (Å²) in [5.74, 6) is 0.398. The third kappa shape index (κ3) is 6.63. The molecule has 0 spiro atoms. The molecule has 5 rings (SSSR count). The Balaban J connectivity index is 1.03. The van der Waals surface area contributed by atoms with E-state index in [2.05, 4.69) is 24.9 Å². The highest BCUT2D eigenvalue weighted by atomic mass is 32.2. The number of aliphatic hydroxyl groups excluding tert-OH is 1. The highest BCUT2D eigenvalue weighted by Gasteiger charge is 2.69. The van der Waals surface area contributed by atoms with Gasteiger partial charge in [-0.05, 0) is 147 Å². The maximum absolute atomic E-state index is 13.0. The van der Waals surface area contributed by atoms with Crippen LogP contribution in [-0.4, -0.2) is 65.0 Å². The van der Waals surface area contributed by atoms with Gasteiger partial charge >= 0.3 is 12.1 Å². The molecule has 238 valence electrons. The van der Waals surface area contributed by atoms with Crippen molar-refractivity contribution in [1.29, 1.82) is 0 Å². The van der Waals surface area contributed by atoms with Crippen LogP contribution < -0.4 is 0 Å². The average Bonchev–Trinajstić information content (AvgIpc) is 3.66. The van der Waals surface area contributed by atoms with E-state index in [0.717, 1.165) is 57.4 Å². The summed E-state index contributed by atoms with van der Waals surface area (Å²) in [4.78, 5) is 2.29. The van der Waals surface area contributed by atoms with E-state index in [1.54, 1.807) is 0 Å². The lowest BCUT2D eigenvalue weighted by Crippen LogP contribution is -2.49. The normalized spacial score (nSPS) is 33.7. The van der Waals surface area contributed by atoms with Gasteiger partial charge in [-0.15, -0.1) is 0 Å². The fourth-order valence-electron chi connectivity index (χ4n) is 9.12.